The Labute approximate surface area is 187 Å². The van der Waals surface area contributed by atoms with Gasteiger partial charge in [0.05, 0.1) is 17.0 Å². The monoisotopic (exact) mass is 486 g/mol. The maximum Gasteiger partial charge on any atom is 0.416 e. The summed E-state index contributed by atoms with van der Waals surface area (Å²) < 4.78 is 70.7. The second-order valence-electron chi connectivity index (χ2n) is 7.54. The third kappa shape index (κ3) is 4.72. The van der Waals surface area contributed by atoms with E-state index in [2.05, 4.69) is 10.1 Å². The second-order valence-corrected chi connectivity index (χ2v) is 10.9. The minimum absolute atomic E-state index is 0.207. The predicted octanol–water partition coefficient (Wildman–Crippen LogP) is 3.94. The van der Waals surface area contributed by atoms with Crippen molar-refractivity contribution in [1.82, 2.24) is 19.3 Å². The first-order chi connectivity index (χ1) is 15.0. The lowest BCUT2D eigenvalue weighted by Gasteiger charge is -2.33. The van der Waals surface area contributed by atoms with E-state index in [0.29, 0.717) is 49.1 Å². The van der Waals surface area contributed by atoms with Crippen LogP contribution in [0, 0.1) is 13.8 Å². The van der Waals surface area contributed by atoms with Crippen molar-refractivity contribution in [1.29, 1.82) is 0 Å². The maximum atomic E-state index is 12.9. The molecule has 4 rings (SSSR count). The number of thiophene rings is 1. The van der Waals surface area contributed by atoms with Crippen molar-refractivity contribution in [2.24, 2.45) is 0 Å². The van der Waals surface area contributed by atoms with Crippen molar-refractivity contribution in [3.05, 3.63) is 51.5 Å². The number of aromatic nitrogens is 2. The number of hydrogen-bond donors (Lipinski definition) is 0. The van der Waals surface area contributed by atoms with Crippen LogP contribution in [0.4, 0.5) is 13.2 Å². The summed E-state index contributed by atoms with van der Waals surface area (Å²) in [5.74, 6) is 0.527. The molecule has 172 valence electrons. The smallest absolute Gasteiger partial charge is 0.338 e. The van der Waals surface area contributed by atoms with Crippen LogP contribution in [0.2, 0.25) is 0 Å². The average molecular weight is 487 g/mol. The molecule has 0 unspecified atom stereocenters. The van der Waals surface area contributed by atoms with E-state index in [1.165, 1.54) is 27.8 Å². The van der Waals surface area contributed by atoms with E-state index in [0.717, 1.165) is 21.9 Å². The zero-order chi connectivity index (χ0) is 23.1. The van der Waals surface area contributed by atoms with Crippen molar-refractivity contribution < 1.29 is 26.1 Å². The summed E-state index contributed by atoms with van der Waals surface area (Å²) in [6.07, 6.45) is -4.41. The Bertz CT molecular complexity index is 1200. The first-order valence-electron chi connectivity index (χ1n) is 9.84. The van der Waals surface area contributed by atoms with Crippen LogP contribution >= 0.6 is 11.3 Å². The minimum atomic E-state index is -4.41. The summed E-state index contributed by atoms with van der Waals surface area (Å²) in [6, 6.07) is 6.26. The summed E-state index contributed by atoms with van der Waals surface area (Å²) in [6.45, 7) is 5.71. The quantitative estimate of drug-likeness (QED) is 0.544. The van der Waals surface area contributed by atoms with Gasteiger partial charge < -0.3 is 4.52 Å². The molecule has 1 saturated heterocycles. The fourth-order valence-electron chi connectivity index (χ4n) is 3.57. The van der Waals surface area contributed by atoms with Gasteiger partial charge >= 0.3 is 6.18 Å². The van der Waals surface area contributed by atoms with Crippen molar-refractivity contribution in [2.45, 2.75) is 31.5 Å². The molecule has 0 amide bonds. The van der Waals surface area contributed by atoms with Crippen LogP contribution in [-0.4, -0.2) is 53.9 Å². The first-order valence-corrected chi connectivity index (χ1v) is 12.1. The van der Waals surface area contributed by atoms with E-state index in [4.69, 9.17) is 4.52 Å². The largest absolute Gasteiger partial charge is 0.416 e. The van der Waals surface area contributed by atoms with Crippen LogP contribution in [0.25, 0.3) is 11.4 Å². The lowest BCUT2D eigenvalue weighted by molar-refractivity contribution is -0.137. The van der Waals surface area contributed by atoms with Crippen LogP contribution in [0.1, 0.15) is 21.2 Å². The topological polar surface area (TPSA) is 79.5 Å². The summed E-state index contributed by atoms with van der Waals surface area (Å²) in [5, 5.41) is 3.85. The molecule has 0 spiro atoms. The normalized spacial score (nSPS) is 16.5. The number of halogens is 3. The van der Waals surface area contributed by atoms with Gasteiger partial charge in [0, 0.05) is 41.5 Å². The molecule has 1 aliphatic heterocycles. The number of hydrogen-bond acceptors (Lipinski definition) is 7. The van der Waals surface area contributed by atoms with Gasteiger partial charge in [-0.15, -0.1) is 11.3 Å². The third-order valence-corrected chi connectivity index (χ3v) is 8.36. The molecule has 3 heterocycles. The number of rotatable bonds is 5. The van der Waals surface area contributed by atoms with Crippen molar-refractivity contribution in [3.8, 4) is 11.4 Å². The highest BCUT2D eigenvalue weighted by Gasteiger charge is 2.32. The molecular formula is C20H21F3N4O3S2. The Morgan fingerprint density at radius 1 is 1.09 bits per heavy atom. The lowest BCUT2D eigenvalue weighted by Crippen LogP contribution is -2.48. The summed E-state index contributed by atoms with van der Waals surface area (Å²) in [7, 11) is -3.53. The molecule has 0 saturated carbocycles. The van der Waals surface area contributed by atoms with Gasteiger partial charge in [-0.05, 0) is 32.0 Å². The van der Waals surface area contributed by atoms with Crippen molar-refractivity contribution >= 4 is 21.4 Å². The molecule has 12 heteroatoms. The second kappa shape index (κ2) is 8.58. The van der Waals surface area contributed by atoms with E-state index in [9.17, 15) is 21.6 Å². The van der Waals surface area contributed by atoms with Gasteiger partial charge in [-0.1, -0.05) is 17.3 Å². The maximum absolute atomic E-state index is 12.9. The molecule has 1 fully saturated rings. The summed E-state index contributed by atoms with van der Waals surface area (Å²) >= 11 is 1.47. The highest BCUT2D eigenvalue weighted by Crippen LogP contribution is 2.31. The third-order valence-electron chi connectivity index (χ3n) is 5.24. The van der Waals surface area contributed by atoms with Crippen LogP contribution < -0.4 is 0 Å². The molecule has 0 bridgehead atoms. The van der Waals surface area contributed by atoms with E-state index in [1.807, 2.05) is 18.7 Å². The first kappa shape index (κ1) is 22.9. The number of aryl methyl sites for hydroxylation is 2. The van der Waals surface area contributed by atoms with Crippen LogP contribution in [0.3, 0.4) is 0 Å². The Morgan fingerprint density at radius 2 is 1.75 bits per heavy atom. The molecule has 2 aromatic heterocycles. The molecule has 0 aliphatic carbocycles. The van der Waals surface area contributed by atoms with Gasteiger partial charge in [-0.3, -0.25) is 4.90 Å². The summed E-state index contributed by atoms with van der Waals surface area (Å²) in [5.41, 5.74) is -0.323. The van der Waals surface area contributed by atoms with Gasteiger partial charge in [0.2, 0.25) is 21.7 Å². The van der Waals surface area contributed by atoms with E-state index < -0.39 is 21.8 Å². The SMILES string of the molecule is Cc1cc(S(=O)(=O)N2CCN(Cc3nc(-c4ccc(C(F)(F)F)cc4)no3)CC2)c(C)s1. The Kier molecular flexibility index (Phi) is 6.14. The number of piperazine rings is 1. The Hall–Kier alpha value is -2.28. The zero-order valence-corrected chi connectivity index (χ0v) is 19.0. The van der Waals surface area contributed by atoms with Crippen molar-refractivity contribution in [3.63, 3.8) is 0 Å². The van der Waals surface area contributed by atoms with Gasteiger partial charge in [-0.2, -0.15) is 22.5 Å². The molecule has 1 aromatic carbocycles. The fraction of sp³-hybridized carbons (Fsp3) is 0.400. The van der Waals surface area contributed by atoms with Gasteiger partial charge in [0.25, 0.3) is 0 Å². The average Bonchev–Trinajstić information content (AvgIpc) is 3.34. The van der Waals surface area contributed by atoms with E-state index in [1.54, 1.807) is 6.07 Å². The number of benzene rings is 1. The number of nitrogens with zero attached hydrogens (tertiary/aromatic N) is 4. The summed E-state index contributed by atoms with van der Waals surface area (Å²) in [4.78, 5) is 8.38. The van der Waals surface area contributed by atoms with Crippen LogP contribution in [0.15, 0.2) is 39.8 Å². The van der Waals surface area contributed by atoms with Crippen LogP contribution in [0.5, 0.6) is 0 Å². The predicted molar refractivity (Wildman–Crippen MR) is 113 cm³/mol. The molecule has 0 N–H and O–H groups in total. The lowest BCUT2D eigenvalue weighted by atomic mass is 10.1. The highest BCUT2D eigenvalue weighted by atomic mass is 32.2. The number of sulfonamides is 1. The van der Waals surface area contributed by atoms with Gasteiger partial charge in [-0.25, -0.2) is 8.42 Å². The Morgan fingerprint density at radius 3 is 2.31 bits per heavy atom. The van der Waals surface area contributed by atoms with E-state index in [-0.39, 0.29) is 5.82 Å². The highest BCUT2D eigenvalue weighted by molar-refractivity contribution is 7.89. The molecule has 1 aliphatic rings. The molecule has 0 atom stereocenters. The minimum Gasteiger partial charge on any atom is -0.338 e. The van der Waals surface area contributed by atoms with Gasteiger partial charge in [0.1, 0.15) is 0 Å². The standard InChI is InChI=1S/C20H21F3N4O3S2/c1-13-11-17(14(2)31-13)32(28,29)27-9-7-26(8-10-27)12-18-24-19(25-30-18)15-3-5-16(6-4-15)20(21,22)23/h3-6,11H,7-10,12H2,1-2H3. The zero-order valence-electron chi connectivity index (χ0n) is 17.4. The van der Waals surface area contributed by atoms with Gasteiger partial charge in [0.15, 0.2) is 0 Å². The number of alkyl halides is 3. The molecular weight excluding hydrogens is 465 g/mol. The Balaban J connectivity index is 1.37. The molecule has 0 radical (unpaired) electrons. The molecule has 32 heavy (non-hydrogen) atoms. The molecule has 3 aromatic rings. The molecule has 7 nitrogen and oxygen atoms in total. The van der Waals surface area contributed by atoms with Crippen LogP contribution in [-0.2, 0) is 22.7 Å². The fourth-order valence-corrected chi connectivity index (χ4v) is 6.51. The van der Waals surface area contributed by atoms with Crippen molar-refractivity contribution in [2.75, 3.05) is 26.2 Å². The van der Waals surface area contributed by atoms with E-state index >= 15 is 0 Å².